The van der Waals surface area contributed by atoms with Crippen molar-refractivity contribution in [2.75, 3.05) is 5.32 Å². The second-order valence-corrected chi connectivity index (χ2v) is 5.70. The van der Waals surface area contributed by atoms with Crippen LogP contribution >= 0.6 is 0 Å². The number of urea groups is 1. The Kier molecular flexibility index (Phi) is 5.36. The first-order valence-corrected chi connectivity index (χ1v) is 7.77. The van der Waals surface area contributed by atoms with Gasteiger partial charge in [0.05, 0.1) is 23.6 Å². The molecule has 0 saturated carbocycles. The topological polar surface area (TPSA) is 59.0 Å². The summed E-state index contributed by atoms with van der Waals surface area (Å²) < 4.78 is 15.5. The van der Waals surface area contributed by atoms with E-state index in [-0.39, 0.29) is 17.9 Å². The first-order chi connectivity index (χ1) is 10.9. The van der Waals surface area contributed by atoms with Crippen molar-refractivity contribution in [1.29, 1.82) is 0 Å². The number of rotatable bonds is 5. The average molecular weight is 318 g/mol. The summed E-state index contributed by atoms with van der Waals surface area (Å²) in [7, 11) is 0. The van der Waals surface area contributed by atoms with Crippen LogP contribution in [0.2, 0.25) is 0 Å². The minimum atomic E-state index is -0.260. The Morgan fingerprint density at radius 2 is 2.04 bits per heavy atom. The molecule has 6 heteroatoms. The van der Waals surface area contributed by atoms with E-state index in [0.29, 0.717) is 23.5 Å². The molecule has 1 heterocycles. The number of nitrogens with one attached hydrogen (secondary N) is 2. The molecule has 0 aliphatic heterocycles. The zero-order chi connectivity index (χ0) is 17.0. The molecule has 124 valence electrons. The summed E-state index contributed by atoms with van der Waals surface area (Å²) >= 11 is 0. The average Bonchev–Trinajstić information content (AvgIpc) is 2.77. The van der Waals surface area contributed by atoms with Crippen molar-refractivity contribution in [3.05, 3.63) is 47.0 Å². The lowest BCUT2D eigenvalue weighted by Crippen LogP contribution is -2.35. The quantitative estimate of drug-likeness (QED) is 0.885. The van der Waals surface area contributed by atoms with Crippen molar-refractivity contribution in [2.24, 2.45) is 0 Å². The molecule has 0 saturated heterocycles. The van der Waals surface area contributed by atoms with Crippen LogP contribution < -0.4 is 10.6 Å². The summed E-state index contributed by atoms with van der Waals surface area (Å²) in [5, 5.41) is 10.1. The van der Waals surface area contributed by atoms with E-state index in [9.17, 15) is 9.18 Å². The van der Waals surface area contributed by atoms with Crippen LogP contribution in [-0.2, 0) is 6.54 Å². The van der Waals surface area contributed by atoms with E-state index in [2.05, 4.69) is 15.7 Å². The molecule has 0 bridgehead atoms. The summed E-state index contributed by atoms with van der Waals surface area (Å²) in [6.45, 7) is 7.96. The zero-order valence-electron chi connectivity index (χ0n) is 14.0. The minimum absolute atomic E-state index is 0.101. The number of halogens is 1. The Balaban J connectivity index is 2.16. The van der Waals surface area contributed by atoms with E-state index < -0.39 is 0 Å². The monoisotopic (exact) mass is 318 g/mol. The molecule has 2 aromatic rings. The Morgan fingerprint density at radius 3 is 2.70 bits per heavy atom. The SMILES string of the molecule is CC[C@@H](C)NC(=O)Nc1c(C)nn(Cc2ccccc2F)c1C. The highest BCUT2D eigenvalue weighted by Gasteiger charge is 2.15. The van der Waals surface area contributed by atoms with Crippen LogP contribution in [0.4, 0.5) is 14.9 Å². The summed E-state index contributed by atoms with van der Waals surface area (Å²) in [4.78, 5) is 12.0. The zero-order valence-corrected chi connectivity index (χ0v) is 14.0. The van der Waals surface area contributed by atoms with Gasteiger partial charge in [-0.3, -0.25) is 4.68 Å². The maximum atomic E-state index is 13.8. The maximum Gasteiger partial charge on any atom is 0.319 e. The van der Waals surface area contributed by atoms with Gasteiger partial charge in [0.25, 0.3) is 0 Å². The van der Waals surface area contributed by atoms with Gasteiger partial charge in [-0.15, -0.1) is 0 Å². The number of aryl methyl sites for hydroxylation is 1. The molecule has 1 atom stereocenters. The van der Waals surface area contributed by atoms with Crippen LogP contribution in [0.5, 0.6) is 0 Å². The predicted octanol–water partition coefficient (Wildman–Crippen LogP) is 3.61. The molecule has 0 spiro atoms. The number of benzene rings is 1. The van der Waals surface area contributed by atoms with Crippen LogP contribution in [-0.4, -0.2) is 21.9 Å². The molecule has 1 aromatic carbocycles. The molecule has 0 radical (unpaired) electrons. The highest BCUT2D eigenvalue weighted by molar-refractivity contribution is 5.90. The van der Waals surface area contributed by atoms with E-state index in [1.54, 1.807) is 22.9 Å². The van der Waals surface area contributed by atoms with Gasteiger partial charge in [-0.1, -0.05) is 25.1 Å². The van der Waals surface area contributed by atoms with E-state index in [0.717, 1.165) is 12.1 Å². The summed E-state index contributed by atoms with van der Waals surface area (Å²) in [6, 6.07) is 6.46. The Labute approximate surface area is 135 Å². The lowest BCUT2D eigenvalue weighted by Gasteiger charge is -2.13. The second-order valence-electron chi connectivity index (χ2n) is 5.70. The van der Waals surface area contributed by atoms with E-state index in [1.807, 2.05) is 27.7 Å². The standard InChI is InChI=1S/C17H23FN4O/c1-5-11(2)19-17(23)20-16-12(3)21-22(13(16)4)10-14-8-6-7-9-15(14)18/h6-9,11H,5,10H2,1-4H3,(H2,19,20,23)/t11-/m1/s1. The lowest BCUT2D eigenvalue weighted by atomic mass is 10.2. The summed E-state index contributed by atoms with van der Waals surface area (Å²) in [5.41, 5.74) is 2.74. The first-order valence-electron chi connectivity index (χ1n) is 7.77. The number of anilines is 1. The van der Waals surface area contributed by atoms with Gasteiger partial charge in [-0.05, 0) is 33.3 Å². The number of aromatic nitrogens is 2. The maximum absolute atomic E-state index is 13.8. The van der Waals surface area contributed by atoms with Gasteiger partial charge >= 0.3 is 6.03 Å². The van der Waals surface area contributed by atoms with Gasteiger partial charge in [0.2, 0.25) is 0 Å². The smallest absolute Gasteiger partial charge is 0.319 e. The van der Waals surface area contributed by atoms with Crippen LogP contribution in [0, 0.1) is 19.7 Å². The minimum Gasteiger partial charge on any atom is -0.335 e. The molecule has 2 amide bonds. The van der Waals surface area contributed by atoms with E-state index >= 15 is 0 Å². The lowest BCUT2D eigenvalue weighted by molar-refractivity contribution is 0.249. The number of nitrogens with zero attached hydrogens (tertiary/aromatic N) is 2. The Morgan fingerprint density at radius 1 is 1.35 bits per heavy atom. The van der Waals surface area contributed by atoms with Crippen LogP contribution in [0.1, 0.15) is 37.2 Å². The highest BCUT2D eigenvalue weighted by atomic mass is 19.1. The molecule has 0 aliphatic carbocycles. The number of hydrogen-bond acceptors (Lipinski definition) is 2. The predicted molar refractivity (Wildman–Crippen MR) is 89.1 cm³/mol. The normalized spacial score (nSPS) is 12.0. The summed E-state index contributed by atoms with van der Waals surface area (Å²) in [6.07, 6.45) is 0.859. The molecule has 5 nitrogen and oxygen atoms in total. The fourth-order valence-corrected chi connectivity index (χ4v) is 2.30. The summed E-state index contributed by atoms with van der Waals surface area (Å²) in [5.74, 6) is -0.260. The molecule has 0 aliphatic rings. The fourth-order valence-electron chi connectivity index (χ4n) is 2.30. The molecule has 0 unspecified atom stereocenters. The number of amides is 2. The van der Waals surface area contributed by atoms with Gasteiger partial charge in [0.1, 0.15) is 5.82 Å². The van der Waals surface area contributed by atoms with Gasteiger partial charge in [-0.25, -0.2) is 9.18 Å². The molecule has 23 heavy (non-hydrogen) atoms. The fraction of sp³-hybridized carbons (Fsp3) is 0.412. The van der Waals surface area contributed by atoms with Crippen molar-refractivity contribution < 1.29 is 9.18 Å². The van der Waals surface area contributed by atoms with Crippen molar-refractivity contribution in [3.63, 3.8) is 0 Å². The molecular formula is C17H23FN4O. The van der Waals surface area contributed by atoms with E-state index in [4.69, 9.17) is 0 Å². The molecule has 2 N–H and O–H groups in total. The van der Waals surface area contributed by atoms with Crippen molar-refractivity contribution in [3.8, 4) is 0 Å². The third kappa shape index (κ3) is 4.09. The Hall–Kier alpha value is -2.37. The van der Waals surface area contributed by atoms with Gasteiger partial charge < -0.3 is 10.6 Å². The molecule has 1 aromatic heterocycles. The van der Waals surface area contributed by atoms with Gasteiger partial charge in [0.15, 0.2) is 0 Å². The second kappa shape index (κ2) is 7.26. The third-order valence-corrected chi connectivity index (χ3v) is 3.89. The first kappa shape index (κ1) is 17.0. The largest absolute Gasteiger partial charge is 0.335 e. The molecule has 0 fully saturated rings. The van der Waals surface area contributed by atoms with Gasteiger partial charge in [-0.2, -0.15) is 5.10 Å². The molecular weight excluding hydrogens is 295 g/mol. The van der Waals surface area contributed by atoms with Crippen LogP contribution in [0.25, 0.3) is 0 Å². The van der Waals surface area contributed by atoms with Crippen LogP contribution in [0.3, 0.4) is 0 Å². The van der Waals surface area contributed by atoms with E-state index in [1.165, 1.54) is 6.07 Å². The molecule has 2 rings (SSSR count). The number of carbonyl (C=O) groups excluding carboxylic acids is 1. The highest BCUT2D eigenvalue weighted by Crippen LogP contribution is 2.21. The van der Waals surface area contributed by atoms with Crippen molar-refractivity contribution in [2.45, 2.75) is 46.7 Å². The van der Waals surface area contributed by atoms with Crippen LogP contribution in [0.15, 0.2) is 24.3 Å². The van der Waals surface area contributed by atoms with Gasteiger partial charge in [0, 0.05) is 11.6 Å². The number of carbonyl (C=O) groups is 1. The third-order valence-electron chi connectivity index (χ3n) is 3.89. The number of hydrogen-bond donors (Lipinski definition) is 2. The Bertz CT molecular complexity index is 696. The van der Waals surface area contributed by atoms with Crippen molar-refractivity contribution >= 4 is 11.7 Å². The van der Waals surface area contributed by atoms with Crippen molar-refractivity contribution in [1.82, 2.24) is 15.1 Å².